The van der Waals surface area contributed by atoms with Crippen molar-refractivity contribution in [3.8, 4) is 0 Å². The zero-order chi connectivity index (χ0) is 14.8. The fourth-order valence-electron chi connectivity index (χ4n) is 2.25. The van der Waals surface area contributed by atoms with Crippen LogP contribution in [0.5, 0.6) is 0 Å². The van der Waals surface area contributed by atoms with Gasteiger partial charge in [0, 0.05) is 11.4 Å². The lowest BCUT2D eigenvalue weighted by atomic mass is 10.2. The maximum Gasteiger partial charge on any atom is 0.171 e. The van der Waals surface area contributed by atoms with Gasteiger partial charge in [-0.2, -0.15) is 0 Å². The summed E-state index contributed by atoms with van der Waals surface area (Å²) >= 11 is 1.44. The Bertz CT molecular complexity index is 782. The van der Waals surface area contributed by atoms with Gasteiger partial charge in [0.25, 0.3) is 0 Å². The number of halogens is 1. The van der Waals surface area contributed by atoms with Gasteiger partial charge in [-0.3, -0.25) is 0 Å². The van der Waals surface area contributed by atoms with Crippen molar-refractivity contribution >= 4 is 22.8 Å². The van der Waals surface area contributed by atoms with Gasteiger partial charge in [0.15, 0.2) is 5.16 Å². The lowest BCUT2D eigenvalue weighted by Gasteiger charge is -2.04. The molecule has 0 saturated heterocycles. The molecule has 2 N–H and O–H groups in total. The molecule has 0 aliphatic heterocycles. The van der Waals surface area contributed by atoms with Crippen LogP contribution < -0.4 is 5.32 Å². The highest BCUT2D eigenvalue weighted by molar-refractivity contribution is 7.99. The Balaban J connectivity index is 1.90. The van der Waals surface area contributed by atoms with E-state index in [2.05, 4.69) is 21.4 Å². The van der Waals surface area contributed by atoms with Crippen molar-refractivity contribution in [2.75, 3.05) is 7.05 Å². The molecule has 21 heavy (non-hydrogen) atoms. The molecule has 3 nitrogen and oxygen atoms in total. The largest absolute Gasteiger partial charge is 0.333 e. The molecule has 0 bridgehead atoms. The van der Waals surface area contributed by atoms with Gasteiger partial charge in [-0.1, -0.05) is 17.8 Å². The first-order valence-corrected chi connectivity index (χ1v) is 7.54. The summed E-state index contributed by atoms with van der Waals surface area (Å²) in [6.07, 6.45) is 0. The van der Waals surface area contributed by atoms with E-state index in [4.69, 9.17) is 0 Å². The second kappa shape index (κ2) is 5.87. The van der Waals surface area contributed by atoms with Crippen LogP contribution in [-0.4, -0.2) is 17.0 Å². The quantitative estimate of drug-likeness (QED) is 0.768. The van der Waals surface area contributed by atoms with Crippen LogP contribution in [0.25, 0.3) is 11.0 Å². The van der Waals surface area contributed by atoms with Crippen molar-refractivity contribution < 1.29 is 4.39 Å². The van der Waals surface area contributed by atoms with Crippen LogP contribution in [0.1, 0.15) is 11.1 Å². The number of aryl methyl sites for hydroxylation is 1. The molecule has 2 aromatic carbocycles. The maximum atomic E-state index is 13.6. The van der Waals surface area contributed by atoms with Crippen LogP contribution in [0.15, 0.2) is 46.5 Å². The summed E-state index contributed by atoms with van der Waals surface area (Å²) in [6.45, 7) is 2.69. The second-order valence-corrected chi connectivity index (χ2v) is 6.05. The predicted octanol–water partition coefficient (Wildman–Crippen LogP) is 3.88. The smallest absolute Gasteiger partial charge is 0.171 e. The fourth-order valence-corrected chi connectivity index (χ4v) is 3.16. The molecule has 108 valence electrons. The average Bonchev–Trinajstić information content (AvgIpc) is 2.79. The molecule has 0 unspecified atom stereocenters. The minimum atomic E-state index is -0.225. The van der Waals surface area contributed by atoms with Gasteiger partial charge in [0.05, 0.1) is 11.0 Å². The molecule has 0 amide bonds. The third-order valence-corrected chi connectivity index (χ3v) is 4.00. The topological polar surface area (TPSA) is 40.7 Å². The standard InChI is InChI=1S/C16H16FN3S/c1-10-3-4-14-15(5-10)20-16(19-14)21-13-7-11(9-18-2)6-12(17)8-13/h3-8,18H,9H2,1-2H3,(H,19,20). The predicted molar refractivity (Wildman–Crippen MR) is 84.1 cm³/mol. The van der Waals surface area contributed by atoms with Crippen LogP contribution in [0.3, 0.4) is 0 Å². The third-order valence-electron chi connectivity index (χ3n) is 3.14. The summed E-state index contributed by atoms with van der Waals surface area (Å²) in [7, 11) is 1.85. The van der Waals surface area contributed by atoms with E-state index in [1.165, 1.54) is 23.4 Å². The summed E-state index contributed by atoms with van der Waals surface area (Å²) in [6, 6.07) is 11.1. The zero-order valence-electron chi connectivity index (χ0n) is 11.9. The third kappa shape index (κ3) is 3.25. The maximum absolute atomic E-state index is 13.6. The minimum absolute atomic E-state index is 0.225. The van der Waals surface area contributed by atoms with E-state index < -0.39 is 0 Å². The number of hydrogen-bond acceptors (Lipinski definition) is 3. The number of nitrogens with zero attached hydrogens (tertiary/aromatic N) is 1. The van der Waals surface area contributed by atoms with E-state index in [0.29, 0.717) is 6.54 Å². The average molecular weight is 301 g/mol. The number of aromatic nitrogens is 2. The Morgan fingerprint density at radius 1 is 1.24 bits per heavy atom. The molecular formula is C16H16FN3S. The van der Waals surface area contributed by atoms with E-state index in [1.54, 1.807) is 6.07 Å². The Morgan fingerprint density at radius 3 is 2.90 bits per heavy atom. The first-order valence-electron chi connectivity index (χ1n) is 6.72. The van der Waals surface area contributed by atoms with Gasteiger partial charge in [-0.25, -0.2) is 9.37 Å². The number of hydrogen-bond donors (Lipinski definition) is 2. The Kier molecular flexibility index (Phi) is 3.94. The molecule has 0 saturated carbocycles. The molecule has 0 radical (unpaired) electrons. The number of fused-ring (bicyclic) bond motifs is 1. The normalized spacial score (nSPS) is 11.2. The number of imidazole rings is 1. The first-order chi connectivity index (χ1) is 10.1. The van der Waals surface area contributed by atoms with Gasteiger partial charge in [0.1, 0.15) is 5.82 Å². The minimum Gasteiger partial charge on any atom is -0.333 e. The lowest BCUT2D eigenvalue weighted by molar-refractivity contribution is 0.619. The Hall–Kier alpha value is -1.85. The molecule has 0 spiro atoms. The number of rotatable bonds is 4. The van der Waals surface area contributed by atoms with Crippen LogP contribution in [0.4, 0.5) is 4.39 Å². The lowest BCUT2D eigenvalue weighted by Crippen LogP contribution is -2.05. The highest BCUT2D eigenvalue weighted by Gasteiger charge is 2.07. The van der Waals surface area contributed by atoms with Crippen LogP contribution in [0.2, 0.25) is 0 Å². The van der Waals surface area contributed by atoms with E-state index in [0.717, 1.165) is 26.6 Å². The Morgan fingerprint density at radius 2 is 2.10 bits per heavy atom. The molecule has 3 aromatic rings. The molecule has 5 heteroatoms. The number of benzene rings is 2. The van der Waals surface area contributed by atoms with Gasteiger partial charge < -0.3 is 10.3 Å². The molecular weight excluding hydrogens is 285 g/mol. The van der Waals surface area contributed by atoms with Crippen LogP contribution in [0, 0.1) is 12.7 Å². The van der Waals surface area contributed by atoms with Gasteiger partial charge in [-0.15, -0.1) is 0 Å². The summed E-state index contributed by atoms with van der Waals surface area (Å²) in [5, 5.41) is 3.81. The SMILES string of the molecule is CNCc1cc(F)cc(Sc2nc3ccc(C)cc3[nH]2)c1. The molecule has 0 aliphatic rings. The van der Waals surface area contributed by atoms with E-state index in [1.807, 2.05) is 32.2 Å². The molecule has 1 heterocycles. The number of nitrogens with one attached hydrogen (secondary N) is 2. The van der Waals surface area contributed by atoms with E-state index in [9.17, 15) is 4.39 Å². The molecule has 0 atom stereocenters. The second-order valence-electron chi connectivity index (χ2n) is 4.99. The van der Waals surface area contributed by atoms with Crippen molar-refractivity contribution in [3.63, 3.8) is 0 Å². The van der Waals surface area contributed by atoms with Gasteiger partial charge in [0.2, 0.25) is 0 Å². The highest BCUT2D eigenvalue weighted by atomic mass is 32.2. The van der Waals surface area contributed by atoms with Crippen molar-refractivity contribution in [3.05, 3.63) is 53.3 Å². The Labute approximate surface area is 127 Å². The van der Waals surface area contributed by atoms with Crippen LogP contribution >= 0.6 is 11.8 Å². The highest BCUT2D eigenvalue weighted by Crippen LogP contribution is 2.29. The summed E-state index contributed by atoms with van der Waals surface area (Å²) in [5.74, 6) is -0.225. The fraction of sp³-hybridized carbons (Fsp3) is 0.188. The zero-order valence-corrected chi connectivity index (χ0v) is 12.7. The number of H-pyrrole nitrogens is 1. The van der Waals surface area contributed by atoms with Crippen molar-refractivity contribution in [1.82, 2.24) is 15.3 Å². The summed E-state index contributed by atoms with van der Waals surface area (Å²) < 4.78 is 13.6. The van der Waals surface area contributed by atoms with E-state index >= 15 is 0 Å². The van der Waals surface area contributed by atoms with Gasteiger partial charge >= 0.3 is 0 Å². The monoisotopic (exact) mass is 301 g/mol. The first kappa shape index (κ1) is 14.1. The molecule has 3 rings (SSSR count). The van der Waals surface area contributed by atoms with E-state index in [-0.39, 0.29) is 5.82 Å². The molecule has 0 fully saturated rings. The van der Waals surface area contributed by atoms with Gasteiger partial charge in [-0.05, 0) is 55.4 Å². The summed E-state index contributed by atoms with van der Waals surface area (Å²) in [5.41, 5.74) is 4.04. The summed E-state index contributed by atoms with van der Waals surface area (Å²) in [4.78, 5) is 8.64. The van der Waals surface area contributed by atoms with Crippen molar-refractivity contribution in [2.24, 2.45) is 0 Å². The number of aromatic amines is 1. The molecule has 0 aliphatic carbocycles. The molecule has 1 aromatic heterocycles. The van der Waals surface area contributed by atoms with Crippen LogP contribution in [-0.2, 0) is 6.54 Å². The van der Waals surface area contributed by atoms with Crippen molar-refractivity contribution in [2.45, 2.75) is 23.5 Å². The van der Waals surface area contributed by atoms with Crippen molar-refractivity contribution in [1.29, 1.82) is 0 Å².